The minimum atomic E-state index is -3.76. The van der Waals surface area contributed by atoms with E-state index in [4.69, 9.17) is 4.74 Å². The fraction of sp³-hybridized carbons (Fsp3) is 0. The van der Waals surface area contributed by atoms with Crippen molar-refractivity contribution in [1.29, 1.82) is 0 Å². The molecule has 9 heteroatoms. The van der Waals surface area contributed by atoms with Gasteiger partial charge in [0.2, 0.25) is 0 Å². The number of hydrogen-bond donors (Lipinski definition) is 2. The number of aromatic amines is 1. The van der Waals surface area contributed by atoms with Crippen molar-refractivity contribution < 1.29 is 17.5 Å². The third-order valence-electron chi connectivity index (χ3n) is 3.00. The number of halogens is 2. The van der Waals surface area contributed by atoms with Crippen molar-refractivity contribution in [2.45, 2.75) is 4.90 Å². The maximum absolute atomic E-state index is 12.9. The first kappa shape index (κ1) is 16.5. The van der Waals surface area contributed by atoms with Crippen LogP contribution in [0.15, 0.2) is 64.4 Å². The molecule has 3 aromatic rings. The van der Waals surface area contributed by atoms with E-state index in [9.17, 15) is 12.8 Å². The highest BCUT2D eigenvalue weighted by Gasteiger charge is 2.17. The van der Waals surface area contributed by atoms with E-state index in [2.05, 4.69) is 30.6 Å². The molecule has 0 radical (unpaired) electrons. The van der Waals surface area contributed by atoms with E-state index in [0.717, 1.165) is 0 Å². The molecule has 0 bridgehead atoms. The van der Waals surface area contributed by atoms with Gasteiger partial charge >= 0.3 is 0 Å². The number of nitrogens with zero attached hydrogens (tertiary/aromatic N) is 1. The summed E-state index contributed by atoms with van der Waals surface area (Å²) in [5.41, 5.74) is 0. The van der Waals surface area contributed by atoms with Gasteiger partial charge in [0.15, 0.2) is 0 Å². The average molecular weight is 412 g/mol. The van der Waals surface area contributed by atoms with Crippen LogP contribution in [0.3, 0.4) is 0 Å². The molecule has 2 aromatic carbocycles. The van der Waals surface area contributed by atoms with E-state index in [1.54, 1.807) is 0 Å². The van der Waals surface area contributed by atoms with E-state index in [1.807, 2.05) is 0 Å². The summed E-state index contributed by atoms with van der Waals surface area (Å²) in [6, 6.07) is 9.83. The highest BCUT2D eigenvalue weighted by molar-refractivity contribution is 9.10. The molecule has 0 saturated heterocycles. The second-order valence-corrected chi connectivity index (χ2v) is 7.26. The standard InChI is InChI=1S/C15H11BrFN3O3S/c16-13-7-12(24(21,22)20-15-8-18-9-19-15)5-6-14(13)23-11-3-1-10(17)2-4-11/h1-9,20H,(H,18,19). The SMILES string of the molecule is O=S(=O)(Nc1cnc[nH]1)c1ccc(Oc2ccc(F)cc2)c(Br)c1. The topological polar surface area (TPSA) is 84.1 Å². The highest BCUT2D eigenvalue weighted by atomic mass is 79.9. The third-order valence-corrected chi connectivity index (χ3v) is 4.98. The molecule has 0 aliphatic carbocycles. The number of rotatable bonds is 5. The third kappa shape index (κ3) is 3.74. The van der Waals surface area contributed by atoms with Gasteiger partial charge in [-0.1, -0.05) is 0 Å². The van der Waals surface area contributed by atoms with Gasteiger partial charge in [0.1, 0.15) is 23.1 Å². The number of H-pyrrole nitrogens is 1. The van der Waals surface area contributed by atoms with Crippen molar-refractivity contribution >= 4 is 31.8 Å². The molecule has 0 atom stereocenters. The van der Waals surface area contributed by atoms with Crippen molar-refractivity contribution in [1.82, 2.24) is 9.97 Å². The van der Waals surface area contributed by atoms with E-state index >= 15 is 0 Å². The van der Waals surface area contributed by atoms with Crippen molar-refractivity contribution in [3.8, 4) is 11.5 Å². The van der Waals surface area contributed by atoms with E-state index < -0.39 is 10.0 Å². The van der Waals surface area contributed by atoms with Gasteiger partial charge in [-0.05, 0) is 58.4 Å². The maximum Gasteiger partial charge on any atom is 0.263 e. The van der Waals surface area contributed by atoms with Crippen LogP contribution < -0.4 is 9.46 Å². The number of aromatic nitrogens is 2. The summed E-state index contributed by atoms with van der Waals surface area (Å²) in [5.74, 6) is 0.732. The zero-order chi connectivity index (χ0) is 17.2. The Balaban J connectivity index is 1.82. The van der Waals surface area contributed by atoms with Crippen molar-refractivity contribution in [3.63, 3.8) is 0 Å². The van der Waals surface area contributed by atoms with Crippen LogP contribution in [-0.4, -0.2) is 18.4 Å². The summed E-state index contributed by atoms with van der Waals surface area (Å²) in [6.07, 6.45) is 2.73. The Labute approximate surface area is 145 Å². The van der Waals surface area contributed by atoms with Crippen molar-refractivity contribution in [2.75, 3.05) is 4.72 Å². The number of anilines is 1. The molecule has 0 spiro atoms. The Morgan fingerprint density at radius 1 is 1.17 bits per heavy atom. The van der Waals surface area contributed by atoms with Crippen LogP contribution in [0.1, 0.15) is 0 Å². The Kier molecular flexibility index (Phi) is 4.54. The number of hydrogen-bond acceptors (Lipinski definition) is 4. The molecule has 0 aliphatic rings. The minimum Gasteiger partial charge on any atom is -0.456 e. The van der Waals surface area contributed by atoms with Crippen LogP contribution in [0.4, 0.5) is 10.2 Å². The smallest absolute Gasteiger partial charge is 0.263 e. The van der Waals surface area contributed by atoms with Crippen LogP contribution in [0, 0.1) is 5.82 Å². The molecular weight excluding hydrogens is 401 g/mol. The molecule has 0 unspecified atom stereocenters. The average Bonchev–Trinajstić information content (AvgIpc) is 3.03. The number of nitrogens with one attached hydrogen (secondary N) is 2. The number of sulfonamides is 1. The highest BCUT2D eigenvalue weighted by Crippen LogP contribution is 2.32. The molecule has 1 aromatic heterocycles. The molecule has 6 nitrogen and oxygen atoms in total. The van der Waals surface area contributed by atoms with E-state index in [-0.39, 0.29) is 16.5 Å². The lowest BCUT2D eigenvalue weighted by molar-refractivity contribution is 0.477. The molecule has 3 rings (SSSR count). The summed E-state index contributed by atoms with van der Waals surface area (Å²) in [5, 5.41) is 0. The molecule has 0 saturated carbocycles. The van der Waals surface area contributed by atoms with E-state index in [0.29, 0.717) is 16.0 Å². The molecule has 0 amide bonds. The Hall–Kier alpha value is -2.39. The molecule has 0 fully saturated rings. The number of benzene rings is 2. The fourth-order valence-corrected chi connectivity index (χ4v) is 3.53. The monoisotopic (exact) mass is 411 g/mol. The normalized spacial score (nSPS) is 11.2. The first-order chi connectivity index (χ1) is 11.4. The predicted molar refractivity (Wildman–Crippen MR) is 90.0 cm³/mol. The van der Waals surface area contributed by atoms with Crippen LogP contribution in [0.2, 0.25) is 0 Å². The predicted octanol–water partition coefficient (Wildman–Crippen LogP) is 3.90. The second-order valence-electron chi connectivity index (χ2n) is 4.72. The summed E-state index contributed by atoms with van der Waals surface area (Å²) in [4.78, 5) is 6.46. The van der Waals surface area contributed by atoms with Gasteiger partial charge in [-0.3, -0.25) is 4.72 Å². The fourth-order valence-electron chi connectivity index (χ4n) is 1.88. The summed E-state index contributed by atoms with van der Waals surface area (Å²) in [7, 11) is -3.76. The van der Waals surface area contributed by atoms with Crippen molar-refractivity contribution in [3.05, 3.63) is 65.3 Å². The van der Waals surface area contributed by atoms with Crippen LogP contribution >= 0.6 is 15.9 Å². The van der Waals surface area contributed by atoms with Gasteiger partial charge in [-0.15, -0.1) is 0 Å². The maximum atomic E-state index is 12.9. The number of imidazole rings is 1. The summed E-state index contributed by atoms with van der Waals surface area (Å²) < 4.78 is 45.9. The van der Waals surface area contributed by atoms with E-state index in [1.165, 1.54) is 55.0 Å². The van der Waals surface area contributed by atoms with Gasteiger partial charge in [-0.2, -0.15) is 0 Å². The Morgan fingerprint density at radius 3 is 2.54 bits per heavy atom. The van der Waals surface area contributed by atoms with Gasteiger partial charge in [0.25, 0.3) is 10.0 Å². The van der Waals surface area contributed by atoms with Crippen LogP contribution in [0.25, 0.3) is 0 Å². The first-order valence-corrected chi connectivity index (χ1v) is 8.96. The lowest BCUT2D eigenvalue weighted by atomic mass is 10.3. The van der Waals surface area contributed by atoms with Gasteiger partial charge in [0, 0.05) is 0 Å². The zero-order valence-corrected chi connectivity index (χ0v) is 14.4. The largest absolute Gasteiger partial charge is 0.456 e. The lowest BCUT2D eigenvalue weighted by Crippen LogP contribution is -2.13. The van der Waals surface area contributed by atoms with Crippen LogP contribution in [0.5, 0.6) is 11.5 Å². The zero-order valence-electron chi connectivity index (χ0n) is 12.0. The molecular formula is C15H11BrFN3O3S. The summed E-state index contributed by atoms with van der Waals surface area (Å²) in [6.45, 7) is 0. The molecule has 124 valence electrons. The molecule has 1 heterocycles. The number of ether oxygens (including phenoxy) is 1. The Morgan fingerprint density at radius 2 is 1.92 bits per heavy atom. The quantitative estimate of drug-likeness (QED) is 0.666. The van der Waals surface area contributed by atoms with Gasteiger partial charge < -0.3 is 9.72 Å². The minimum absolute atomic E-state index is 0.0513. The second kappa shape index (κ2) is 6.62. The summed E-state index contributed by atoms with van der Waals surface area (Å²) >= 11 is 3.28. The molecule has 0 aliphatic heterocycles. The molecule has 24 heavy (non-hydrogen) atoms. The van der Waals surface area contributed by atoms with Gasteiger partial charge in [0.05, 0.1) is 21.9 Å². The molecule has 2 N–H and O–H groups in total. The van der Waals surface area contributed by atoms with Gasteiger partial charge in [-0.25, -0.2) is 17.8 Å². The van der Waals surface area contributed by atoms with Crippen LogP contribution in [-0.2, 0) is 10.0 Å². The van der Waals surface area contributed by atoms with Crippen molar-refractivity contribution in [2.24, 2.45) is 0 Å². The lowest BCUT2D eigenvalue weighted by Gasteiger charge is -2.10. The first-order valence-electron chi connectivity index (χ1n) is 6.68. The Bertz CT molecular complexity index is 945.